The van der Waals surface area contributed by atoms with Crippen LogP contribution in [0.15, 0.2) is 0 Å². The van der Waals surface area contributed by atoms with Crippen LogP contribution in [0.25, 0.3) is 0 Å². The van der Waals surface area contributed by atoms with Gasteiger partial charge in [0.15, 0.2) is 0 Å². The van der Waals surface area contributed by atoms with Gasteiger partial charge in [-0.1, -0.05) is 27.2 Å². The number of hydrogen-bond donors (Lipinski definition) is 1. The smallest absolute Gasteiger partial charge is 0.0959 e. The van der Waals surface area contributed by atoms with Gasteiger partial charge in [0.25, 0.3) is 0 Å². The summed E-state index contributed by atoms with van der Waals surface area (Å²) in [5, 5.41) is 1.26. The van der Waals surface area contributed by atoms with Crippen LogP contribution in [-0.4, -0.2) is 4.98 Å². The van der Waals surface area contributed by atoms with Crippen molar-refractivity contribution in [2.24, 2.45) is 5.73 Å². The lowest BCUT2D eigenvalue weighted by molar-refractivity contribution is 0.719. The minimum Gasteiger partial charge on any atom is -0.326 e. The molecule has 80 valence electrons. The summed E-state index contributed by atoms with van der Waals surface area (Å²) in [4.78, 5) is 5.96. The second-order valence-electron chi connectivity index (χ2n) is 3.69. The molecule has 0 fully saturated rings. The third kappa shape index (κ3) is 2.55. The van der Waals surface area contributed by atoms with E-state index in [-0.39, 0.29) is 0 Å². The Morgan fingerprint density at radius 2 is 2.14 bits per heavy atom. The first kappa shape index (κ1) is 11.7. The van der Waals surface area contributed by atoms with Crippen LogP contribution in [0.3, 0.4) is 0 Å². The molecule has 0 saturated heterocycles. The maximum Gasteiger partial charge on any atom is 0.0959 e. The first-order valence-corrected chi connectivity index (χ1v) is 6.23. The van der Waals surface area contributed by atoms with Crippen molar-refractivity contribution in [1.82, 2.24) is 4.98 Å². The quantitative estimate of drug-likeness (QED) is 0.814. The van der Waals surface area contributed by atoms with E-state index in [0.29, 0.717) is 12.5 Å². The summed E-state index contributed by atoms with van der Waals surface area (Å²) < 4.78 is 0. The van der Waals surface area contributed by atoms with Crippen molar-refractivity contribution in [2.75, 3.05) is 0 Å². The van der Waals surface area contributed by atoms with Gasteiger partial charge >= 0.3 is 0 Å². The number of hydrogen-bond acceptors (Lipinski definition) is 3. The summed E-state index contributed by atoms with van der Waals surface area (Å²) in [6.45, 7) is 7.26. The average Bonchev–Trinajstić information content (AvgIpc) is 2.60. The van der Waals surface area contributed by atoms with E-state index < -0.39 is 0 Å². The number of rotatable bonds is 5. The number of aryl methyl sites for hydroxylation is 1. The summed E-state index contributed by atoms with van der Waals surface area (Å²) in [7, 11) is 0. The molecule has 1 atom stereocenters. The first-order valence-electron chi connectivity index (χ1n) is 5.41. The summed E-state index contributed by atoms with van der Waals surface area (Å²) in [5.74, 6) is 0.580. The molecule has 1 aromatic heterocycles. The molecular formula is C11H20N2S. The van der Waals surface area contributed by atoms with Gasteiger partial charge in [0.05, 0.1) is 10.7 Å². The van der Waals surface area contributed by atoms with E-state index in [0.717, 1.165) is 19.3 Å². The highest BCUT2D eigenvalue weighted by Crippen LogP contribution is 2.27. The lowest BCUT2D eigenvalue weighted by Gasteiger charge is -2.01. The van der Waals surface area contributed by atoms with Gasteiger partial charge in [0.2, 0.25) is 0 Å². The number of nitrogens with zero attached hydrogens (tertiary/aromatic N) is 1. The third-order valence-electron chi connectivity index (χ3n) is 2.50. The summed E-state index contributed by atoms with van der Waals surface area (Å²) in [6, 6.07) is 0. The van der Waals surface area contributed by atoms with Crippen molar-refractivity contribution in [3.63, 3.8) is 0 Å². The van der Waals surface area contributed by atoms with Gasteiger partial charge < -0.3 is 5.73 Å². The Hall–Kier alpha value is -0.410. The van der Waals surface area contributed by atoms with Crippen LogP contribution in [0, 0.1) is 0 Å². The molecule has 0 aromatic carbocycles. The van der Waals surface area contributed by atoms with Crippen LogP contribution in [0.2, 0.25) is 0 Å². The summed E-state index contributed by atoms with van der Waals surface area (Å²) in [5.41, 5.74) is 6.94. The van der Waals surface area contributed by atoms with Gasteiger partial charge in [-0.2, -0.15) is 0 Å². The molecule has 1 heterocycles. The molecule has 0 aliphatic carbocycles. The lowest BCUT2D eigenvalue weighted by Crippen LogP contribution is -1.98. The van der Waals surface area contributed by atoms with E-state index in [1.165, 1.54) is 15.6 Å². The molecule has 0 radical (unpaired) electrons. The predicted octanol–water partition coefficient (Wildman–Crippen LogP) is 3.07. The molecule has 0 bridgehead atoms. The van der Waals surface area contributed by atoms with Crippen molar-refractivity contribution in [2.45, 2.75) is 52.5 Å². The molecule has 0 aliphatic rings. The average molecular weight is 212 g/mol. The van der Waals surface area contributed by atoms with Crippen molar-refractivity contribution in [3.8, 4) is 0 Å². The SMILES string of the molecule is CCCc1nc(C(C)CC)sc1CN. The predicted molar refractivity (Wildman–Crippen MR) is 62.7 cm³/mol. The molecule has 0 amide bonds. The fourth-order valence-corrected chi connectivity index (χ4v) is 2.51. The Bertz CT molecular complexity index is 281. The molecular weight excluding hydrogens is 192 g/mol. The van der Waals surface area contributed by atoms with Gasteiger partial charge in [-0.15, -0.1) is 11.3 Å². The molecule has 2 nitrogen and oxygen atoms in total. The van der Waals surface area contributed by atoms with Crippen LogP contribution in [0.5, 0.6) is 0 Å². The zero-order valence-corrected chi connectivity index (χ0v) is 10.2. The Kier molecular flexibility index (Phi) is 4.55. The fourth-order valence-electron chi connectivity index (χ4n) is 1.38. The minimum absolute atomic E-state index is 0.580. The van der Waals surface area contributed by atoms with Crippen LogP contribution in [0.4, 0.5) is 0 Å². The van der Waals surface area contributed by atoms with Crippen LogP contribution < -0.4 is 5.73 Å². The molecule has 0 spiro atoms. The van der Waals surface area contributed by atoms with E-state index in [4.69, 9.17) is 5.73 Å². The summed E-state index contributed by atoms with van der Waals surface area (Å²) >= 11 is 1.80. The molecule has 1 unspecified atom stereocenters. The van der Waals surface area contributed by atoms with Gasteiger partial charge in [-0.3, -0.25) is 0 Å². The van der Waals surface area contributed by atoms with Crippen molar-refractivity contribution >= 4 is 11.3 Å². The van der Waals surface area contributed by atoms with E-state index >= 15 is 0 Å². The Morgan fingerprint density at radius 1 is 1.43 bits per heavy atom. The number of nitrogens with two attached hydrogens (primary N) is 1. The summed E-state index contributed by atoms with van der Waals surface area (Å²) in [6.07, 6.45) is 3.37. The third-order valence-corrected chi connectivity index (χ3v) is 3.85. The van der Waals surface area contributed by atoms with Gasteiger partial charge in [0, 0.05) is 17.3 Å². The van der Waals surface area contributed by atoms with Crippen molar-refractivity contribution in [1.29, 1.82) is 0 Å². The van der Waals surface area contributed by atoms with E-state index in [1.54, 1.807) is 11.3 Å². The second kappa shape index (κ2) is 5.47. The van der Waals surface area contributed by atoms with E-state index in [1.807, 2.05) is 0 Å². The largest absolute Gasteiger partial charge is 0.326 e. The fraction of sp³-hybridized carbons (Fsp3) is 0.727. The highest BCUT2D eigenvalue weighted by atomic mass is 32.1. The van der Waals surface area contributed by atoms with Crippen molar-refractivity contribution in [3.05, 3.63) is 15.6 Å². The van der Waals surface area contributed by atoms with E-state index in [9.17, 15) is 0 Å². The molecule has 0 saturated carbocycles. The van der Waals surface area contributed by atoms with E-state index in [2.05, 4.69) is 25.8 Å². The van der Waals surface area contributed by atoms with Gasteiger partial charge in [0.1, 0.15) is 0 Å². The van der Waals surface area contributed by atoms with Crippen LogP contribution in [-0.2, 0) is 13.0 Å². The molecule has 1 rings (SSSR count). The molecule has 14 heavy (non-hydrogen) atoms. The minimum atomic E-state index is 0.580. The van der Waals surface area contributed by atoms with Crippen LogP contribution in [0.1, 0.15) is 55.1 Å². The Labute approximate surface area is 90.6 Å². The van der Waals surface area contributed by atoms with Gasteiger partial charge in [-0.05, 0) is 12.8 Å². The highest BCUT2D eigenvalue weighted by molar-refractivity contribution is 7.11. The zero-order valence-electron chi connectivity index (χ0n) is 9.34. The molecule has 1 aromatic rings. The monoisotopic (exact) mass is 212 g/mol. The molecule has 3 heteroatoms. The Balaban J connectivity index is 2.88. The topological polar surface area (TPSA) is 38.9 Å². The highest BCUT2D eigenvalue weighted by Gasteiger charge is 2.12. The van der Waals surface area contributed by atoms with Gasteiger partial charge in [-0.25, -0.2) is 4.98 Å². The zero-order chi connectivity index (χ0) is 10.6. The molecule has 0 aliphatic heterocycles. The second-order valence-corrected chi connectivity index (χ2v) is 4.80. The number of thiazole rings is 1. The number of aromatic nitrogens is 1. The maximum absolute atomic E-state index is 5.71. The maximum atomic E-state index is 5.71. The standard InChI is InChI=1S/C11H20N2S/c1-4-6-9-10(7-12)14-11(13-9)8(3)5-2/h8H,4-7,12H2,1-3H3. The van der Waals surface area contributed by atoms with Crippen LogP contribution >= 0.6 is 11.3 Å². The van der Waals surface area contributed by atoms with Crippen molar-refractivity contribution < 1.29 is 0 Å². The first-order chi connectivity index (χ1) is 6.72. The molecule has 2 N–H and O–H groups in total. The normalized spacial score (nSPS) is 13.1. The lowest BCUT2D eigenvalue weighted by atomic mass is 10.1. The Morgan fingerprint density at radius 3 is 2.64 bits per heavy atom.